The Morgan fingerprint density at radius 3 is 2.41 bits per heavy atom. The van der Waals surface area contributed by atoms with Crippen molar-refractivity contribution in [1.29, 1.82) is 0 Å². The van der Waals surface area contributed by atoms with Crippen LogP contribution in [0.5, 0.6) is 0 Å². The van der Waals surface area contributed by atoms with Gasteiger partial charge in [-0.05, 0) is 0 Å². The van der Waals surface area contributed by atoms with Gasteiger partial charge in [-0.1, -0.05) is 0 Å². The summed E-state index contributed by atoms with van der Waals surface area (Å²) >= 11 is 1.78. The van der Waals surface area contributed by atoms with Crippen LogP contribution in [-0.4, -0.2) is 38.2 Å². The number of carbonyl (C=O) groups excluding carboxylic acids is 3. The third-order valence-corrected chi connectivity index (χ3v) is 2.14. The van der Waals surface area contributed by atoms with E-state index in [1.807, 2.05) is 0 Å². The molecule has 0 rings (SSSR count). The second-order valence-corrected chi connectivity index (χ2v) is 3.33. The van der Waals surface area contributed by atoms with E-state index in [-0.39, 0.29) is 24.6 Å². The lowest BCUT2D eigenvalue weighted by Crippen LogP contribution is -2.39. The monoisotopic (exact) mass is 355 g/mol. The molecular weight excluding hydrogens is 341 g/mol. The highest BCUT2D eigenvalue weighted by molar-refractivity contribution is 14.1. The third kappa shape index (κ3) is 5.94. The molecule has 8 nitrogen and oxygen atoms in total. The Balaban J connectivity index is 4.91. The van der Waals surface area contributed by atoms with Gasteiger partial charge in [0.2, 0.25) is 5.91 Å². The van der Waals surface area contributed by atoms with Crippen molar-refractivity contribution in [1.82, 2.24) is 19.5 Å². The molecule has 0 unspecified atom stereocenters. The maximum Gasteiger partial charge on any atom is 0.270 e. The summed E-state index contributed by atoms with van der Waals surface area (Å²) in [7, 11) is 1.45. The maximum atomic E-state index is 11.5. The Labute approximate surface area is 112 Å². The van der Waals surface area contributed by atoms with Crippen LogP contribution in [0.1, 0.15) is 0 Å². The van der Waals surface area contributed by atoms with Crippen LogP contribution in [0.2, 0.25) is 0 Å². The molecule has 96 valence electrons. The number of primary amides is 1. The van der Waals surface area contributed by atoms with Crippen LogP contribution in [0, 0.1) is 0 Å². The van der Waals surface area contributed by atoms with E-state index in [1.54, 1.807) is 22.9 Å². The number of hydrogen-bond acceptors (Lipinski definition) is 6. The number of carbonyl (C=O) groups is 3. The molecule has 0 saturated heterocycles. The van der Waals surface area contributed by atoms with E-state index < -0.39 is 11.8 Å². The molecule has 0 aromatic carbocycles. The Morgan fingerprint density at radius 1 is 1.35 bits per heavy atom. The Morgan fingerprint density at radius 2 is 2.00 bits per heavy atom. The molecule has 0 radical (unpaired) electrons. The molecule has 2 amide bonds. The van der Waals surface area contributed by atoms with Gasteiger partial charge in [-0.3, -0.25) is 9.59 Å². The van der Waals surface area contributed by atoms with Crippen molar-refractivity contribution < 1.29 is 14.4 Å². The lowest BCUT2D eigenvalue weighted by molar-refractivity contribution is -0.118. The number of halogens is 1. The summed E-state index contributed by atoms with van der Waals surface area (Å²) in [6.07, 6.45) is 0.613. The van der Waals surface area contributed by atoms with Gasteiger partial charge in [0.25, 0.3) is 5.91 Å². The smallest absolute Gasteiger partial charge is 0.270 e. The van der Waals surface area contributed by atoms with Crippen molar-refractivity contribution in [3.05, 3.63) is 11.5 Å². The Bertz CT molecular complexity index is 331. The van der Waals surface area contributed by atoms with Crippen LogP contribution < -0.4 is 25.2 Å². The molecule has 0 heterocycles. The third-order valence-electron chi connectivity index (χ3n) is 1.60. The largest absolute Gasteiger partial charge is 0.371 e. The molecule has 0 atom stereocenters. The molecule has 0 aliphatic carbocycles. The summed E-state index contributed by atoms with van der Waals surface area (Å²) in [4.78, 5) is 32.4. The van der Waals surface area contributed by atoms with E-state index >= 15 is 0 Å². The highest BCUT2D eigenvalue weighted by atomic mass is 127. The average molecular weight is 355 g/mol. The van der Waals surface area contributed by atoms with E-state index in [4.69, 9.17) is 5.73 Å². The summed E-state index contributed by atoms with van der Waals surface area (Å²) in [5.41, 5.74) is 5.09. The van der Waals surface area contributed by atoms with Crippen molar-refractivity contribution in [2.24, 2.45) is 5.73 Å². The molecule has 6 N–H and O–H groups in total. The Kier molecular flexibility index (Phi) is 7.84. The quantitative estimate of drug-likeness (QED) is 0.144. The molecule has 17 heavy (non-hydrogen) atoms. The zero-order valence-electron chi connectivity index (χ0n) is 9.17. The number of hydrogen-bond donors (Lipinski definition) is 5. The van der Waals surface area contributed by atoms with Gasteiger partial charge in [0.15, 0.2) is 0 Å². The van der Waals surface area contributed by atoms with E-state index in [1.165, 1.54) is 7.05 Å². The predicted molar refractivity (Wildman–Crippen MR) is 69.5 cm³/mol. The second-order valence-electron chi connectivity index (χ2n) is 2.79. The number of likely N-dealkylation sites (N-methyl/N-ethyl adjacent to an activating group) is 1. The van der Waals surface area contributed by atoms with Crippen LogP contribution in [0.3, 0.4) is 0 Å². The minimum atomic E-state index is -0.569. The van der Waals surface area contributed by atoms with Gasteiger partial charge in [-0.15, -0.1) is 0 Å². The van der Waals surface area contributed by atoms with Gasteiger partial charge in [-0.25, -0.2) is 0 Å². The summed E-state index contributed by atoms with van der Waals surface area (Å²) in [5, 5.41) is 7.65. The highest BCUT2D eigenvalue weighted by Gasteiger charge is 2.13. The average Bonchev–Trinajstić information content (AvgIpc) is 2.32. The van der Waals surface area contributed by atoms with E-state index in [2.05, 4.69) is 19.5 Å². The normalized spacial score (nSPS) is 10.9. The summed E-state index contributed by atoms with van der Waals surface area (Å²) in [6.45, 7) is -0.155. The number of nitrogens with two attached hydrogens (primary N) is 1. The first kappa shape index (κ1) is 15.5. The molecule has 0 aromatic rings. The first-order valence-corrected chi connectivity index (χ1v) is 5.67. The second kappa shape index (κ2) is 8.61. The van der Waals surface area contributed by atoms with Crippen molar-refractivity contribution in [2.75, 3.05) is 20.1 Å². The van der Waals surface area contributed by atoms with Crippen LogP contribution in [0.4, 0.5) is 0 Å². The predicted octanol–water partition coefficient (Wildman–Crippen LogP) is -2.30. The van der Waals surface area contributed by atoms with Gasteiger partial charge in [0.1, 0.15) is 17.8 Å². The molecule has 0 fully saturated rings. The fraction of sp³-hybridized carbons (Fsp3) is 0.375. The van der Waals surface area contributed by atoms with E-state index in [0.29, 0.717) is 6.29 Å². The fourth-order valence-electron chi connectivity index (χ4n) is 0.895. The van der Waals surface area contributed by atoms with Gasteiger partial charge in [-0.2, -0.15) is 0 Å². The SMILES string of the molecule is CNC(=O)/C(NCC=O)=C(/NI)NCC(N)=O. The lowest BCUT2D eigenvalue weighted by atomic mass is 10.3. The molecule has 0 aliphatic rings. The lowest BCUT2D eigenvalue weighted by Gasteiger charge is -2.14. The van der Waals surface area contributed by atoms with Crippen molar-refractivity contribution in [3.63, 3.8) is 0 Å². The summed E-state index contributed by atoms with van der Waals surface area (Å²) in [5.74, 6) is -0.727. The Hall–Kier alpha value is -1.52. The number of aldehydes is 1. The summed E-state index contributed by atoms with van der Waals surface area (Å²) in [6, 6.07) is 0. The molecule has 0 spiro atoms. The fourth-order valence-corrected chi connectivity index (χ4v) is 1.36. The first-order valence-electron chi connectivity index (χ1n) is 4.59. The van der Waals surface area contributed by atoms with Gasteiger partial charge >= 0.3 is 0 Å². The standard InChI is InChI=1S/C8H14IN5O3/c1-11-8(17)6(12-2-3-15)7(14-9)13-4-5(10)16/h3,12-14H,2,4H2,1H3,(H2,10,16)(H,11,17)/b7-6-. The molecular formula is C8H14IN5O3. The zero-order valence-corrected chi connectivity index (χ0v) is 11.3. The molecule has 0 aromatic heterocycles. The van der Waals surface area contributed by atoms with Crippen LogP contribution in [0.15, 0.2) is 11.5 Å². The van der Waals surface area contributed by atoms with Crippen molar-refractivity contribution in [2.45, 2.75) is 0 Å². The number of amides is 2. The molecule has 0 saturated carbocycles. The first-order chi connectivity index (χ1) is 8.06. The maximum absolute atomic E-state index is 11.5. The number of nitrogens with one attached hydrogen (secondary N) is 4. The minimum absolute atomic E-state index is 0.0250. The molecule has 0 aliphatic heterocycles. The van der Waals surface area contributed by atoms with E-state index in [9.17, 15) is 14.4 Å². The number of rotatable bonds is 8. The highest BCUT2D eigenvalue weighted by Crippen LogP contribution is 1.97. The van der Waals surface area contributed by atoms with Crippen LogP contribution >= 0.6 is 22.9 Å². The van der Waals surface area contributed by atoms with Crippen molar-refractivity contribution >= 4 is 41.0 Å². The zero-order chi connectivity index (χ0) is 13.3. The van der Waals surface area contributed by atoms with Gasteiger partial charge in [0, 0.05) is 7.05 Å². The van der Waals surface area contributed by atoms with Gasteiger partial charge in [0.05, 0.1) is 36.0 Å². The van der Waals surface area contributed by atoms with Gasteiger partial charge < -0.3 is 30.0 Å². The summed E-state index contributed by atoms with van der Waals surface area (Å²) < 4.78 is 2.67. The van der Waals surface area contributed by atoms with E-state index in [0.717, 1.165) is 0 Å². The van der Waals surface area contributed by atoms with Crippen LogP contribution in [0.25, 0.3) is 0 Å². The minimum Gasteiger partial charge on any atom is -0.371 e. The topological polar surface area (TPSA) is 125 Å². The molecule has 0 bridgehead atoms. The van der Waals surface area contributed by atoms with Crippen LogP contribution in [-0.2, 0) is 14.4 Å². The molecule has 9 heteroatoms. The van der Waals surface area contributed by atoms with Crippen molar-refractivity contribution in [3.8, 4) is 0 Å².